The molecule has 0 nitrogen and oxygen atoms in total. The van der Waals surface area contributed by atoms with E-state index in [0.29, 0.717) is 5.41 Å². The topological polar surface area (TPSA) is 0 Å². The fourth-order valence-corrected chi connectivity index (χ4v) is 4.64. The van der Waals surface area contributed by atoms with Crippen LogP contribution in [-0.4, -0.2) is 0 Å². The Kier molecular flexibility index (Phi) is 10.8. The molecule has 0 heterocycles. The molecule has 0 N–H and O–H groups in total. The largest absolute Gasteiger partial charge is 0.102 e. The van der Waals surface area contributed by atoms with Crippen LogP contribution in [0, 0.1) is 23.2 Å². The molecule has 162 valence electrons. The summed E-state index contributed by atoms with van der Waals surface area (Å²) in [7, 11) is 0. The van der Waals surface area contributed by atoms with E-state index >= 15 is 0 Å². The third-order valence-electron chi connectivity index (χ3n) is 7.21. The van der Waals surface area contributed by atoms with Gasteiger partial charge in [0, 0.05) is 5.41 Å². The van der Waals surface area contributed by atoms with Gasteiger partial charge in [0.2, 0.25) is 0 Å². The minimum Gasteiger partial charge on any atom is -0.102 e. The van der Waals surface area contributed by atoms with Crippen molar-refractivity contribution in [2.24, 2.45) is 23.2 Å². The fraction of sp³-hybridized carbons (Fsp3) is 0.655. The van der Waals surface area contributed by atoms with Gasteiger partial charge in [-0.3, -0.25) is 0 Å². The smallest absolute Gasteiger partial charge is 0.00873 e. The van der Waals surface area contributed by atoms with Gasteiger partial charge in [0.05, 0.1) is 0 Å². The van der Waals surface area contributed by atoms with Crippen LogP contribution < -0.4 is 0 Å². The van der Waals surface area contributed by atoms with E-state index in [1.807, 2.05) is 6.08 Å². The summed E-state index contributed by atoms with van der Waals surface area (Å²) in [5.74, 6) is 2.58. The highest BCUT2D eigenvalue weighted by atomic mass is 14.5. The second-order valence-electron chi connectivity index (χ2n) is 9.74. The molecule has 0 aromatic heterocycles. The molecule has 0 saturated heterocycles. The van der Waals surface area contributed by atoms with Crippen molar-refractivity contribution in [3.8, 4) is 0 Å². The van der Waals surface area contributed by atoms with Crippen LogP contribution in [0.1, 0.15) is 97.3 Å². The van der Waals surface area contributed by atoms with Gasteiger partial charge in [0.25, 0.3) is 0 Å². The maximum Gasteiger partial charge on any atom is 0.00873 e. The van der Waals surface area contributed by atoms with Gasteiger partial charge in [0.15, 0.2) is 0 Å². The SMILES string of the molecule is C=CC=CCCCC(CCC=CC1(C=C)CC1C)CCCCCCC=C1CC1C. The van der Waals surface area contributed by atoms with Crippen molar-refractivity contribution in [2.75, 3.05) is 0 Å². The molecule has 0 amide bonds. The standard InChI is InChI=1S/C29H46/c1-5-7-8-10-13-18-27(20-16-17-22-29(6-2)24-26(29)4)19-14-11-9-12-15-21-28-23-25(28)3/h5-8,17,21-22,25-27H,1-2,9-16,18-20,23-24H2,3-4H3. The van der Waals surface area contributed by atoms with Crippen molar-refractivity contribution in [1.29, 1.82) is 0 Å². The molecule has 2 saturated carbocycles. The van der Waals surface area contributed by atoms with E-state index in [9.17, 15) is 0 Å². The van der Waals surface area contributed by atoms with Crippen LogP contribution in [0.15, 0.2) is 61.3 Å². The van der Waals surface area contributed by atoms with E-state index in [0.717, 1.165) is 17.8 Å². The number of hydrogen-bond donors (Lipinski definition) is 0. The minimum absolute atomic E-state index is 0.332. The second kappa shape index (κ2) is 13.1. The summed E-state index contributed by atoms with van der Waals surface area (Å²) in [5, 5.41) is 0. The Balaban J connectivity index is 1.62. The summed E-state index contributed by atoms with van der Waals surface area (Å²) in [6, 6.07) is 0. The average Bonchev–Trinajstić information content (AvgIpc) is 3.60. The van der Waals surface area contributed by atoms with Crippen molar-refractivity contribution in [2.45, 2.75) is 97.3 Å². The van der Waals surface area contributed by atoms with E-state index in [-0.39, 0.29) is 0 Å². The normalized spacial score (nSPS) is 28.3. The first-order valence-electron chi connectivity index (χ1n) is 12.4. The molecule has 2 rings (SSSR count). The van der Waals surface area contributed by atoms with Gasteiger partial charge in [-0.1, -0.05) is 101 Å². The summed E-state index contributed by atoms with van der Waals surface area (Å²) in [5.41, 5.74) is 2.04. The third-order valence-corrected chi connectivity index (χ3v) is 7.21. The molecule has 0 aromatic carbocycles. The first kappa shape index (κ1) is 24.0. The molecule has 2 aliphatic rings. The molecular weight excluding hydrogens is 348 g/mol. The molecule has 0 radical (unpaired) electrons. The molecule has 2 aliphatic carbocycles. The third kappa shape index (κ3) is 9.37. The van der Waals surface area contributed by atoms with Gasteiger partial charge in [0.1, 0.15) is 0 Å². The zero-order valence-electron chi connectivity index (χ0n) is 19.4. The predicted octanol–water partition coefficient (Wildman–Crippen LogP) is 9.37. The van der Waals surface area contributed by atoms with Crippen molar-refractivity contribution in [3.05, 3.63) is 61.3 Å². The van der Waals surface area contributed by atoms with Crippen LogP contribution in [0.5, 0.6) is 0 Å². The van der Waals surface area contributed by atoms with Gasteiger partial charge < -0.3 is 0 Å². The first-order valence-corrected chi connectivity index (χ1v) is 12.4. The fourth-order valence-electron chi connectivity index (χ4n) is 4.64. The van der Waals surface area contributed by atoms with Crippen LogP contribution in [-0.2, 0) is 0 Å². The van der Waals surface area contributed by atoms with Crippen molar-refractivity contribution < 1.29 is 0 Å². The maximum absolute atomic E-state index is 4.04. The Bertz CT molecular complexity index is 575. The lowest BCUT2D eigenvalue weighted by atomic mass is 9.90. The Morgan fingerprint density at radius 2 is 1.66 bits per heavy atom. The highest BCUT2D eigenvalue weighted by molar-refractivity contribution is 5.22. The lowest BCUT2D eigenvalue weighted by molar-refractivity contribution is 0.392. The predicted molar refractivity (Wildman–Crippen MR) is 131 cm³/mol. The van der Waals surface area contributed by atoms with E-state index in [2.05, 4.69) is 63.5 Å². The second-order valence-corrected chi connectivity index (χ2v) is 9.74. The van der Waals surface area contributed by atoms with Gasteiger partial charge in [-0.15, -0.1) is 6.58 Å². The first-order chi connectivity index (χ1) is 14.1. The number of unbranched alkanes of at least 4 members (excludes halogenated alkanes) is 5. The quantitative estimate of drug-likeness (QED) is 0.131. The Morgan fingerprint density at radius 3 is 2.31 bits per heavy atom. The van der Waals surface area contributed by atoms with E-state index in [4.69, 9.17) is 0 Å². The van der Waals surface area contributed by atoms with Crippen LogP contribution in [0.4, 0.5) is 0 Å². The number of hydrogen-bond acceptors (Lipinski definition) is 0. The number of allylic oxidation sites excluding steroid dienone is 8. The van der Waals surface area contributed by atoms with Crippen molar-refractivity contribution >= 4 is 0 Å². The molecule has 0 heteroatoms. The van der Waals surface area contributed by atoms with Crippen LogP contribution in [0.25, 0.3) is 0 Å². The lowest BCUT2D eigenvalue weighted by Gasteiger charge is -2.16. The number of rotatable bonds is 17. The van der Waals surface area contributed by atoms with Gasteiger partial charge in [-0.2, -0.15) is 0 Å². The molecule has 4 atom stereocenters. The summed E-state index contributed by atoms with van der Waals surface area (Å²) in [6.07, 6.45) is 33.3. The van der Waals surface area contributed by atoms with Crippen molar-refractivity contribution in [3.63, 3.8) is 0 Å². The molecule has 0 bridgehead atoms. The Morgan fingerprint density at radius 1 is 0.931 bits per heavy atom. The summed E-state index contributed by atoms with van der Waals surface area (Å²) < 4.78 is 0. The average molecular weight is 395 g/mol. The van der Waals surface area contributed by atoms with Crippen LogP contribution in [0.2, 0.25) is 0 Å². The minimum atomic E-state index is 0.332. The van der Waals surface area contributed by atoms with Gasteiger partial charge in [-0.25, -0.2) is 0 Å². The molecule has 4 unspecified atom stereocenters. The van der Waals surface area contributed by atoms with Crippen molar-refractivity contribution in [1.82, 2.24) is 0 Å². The lowest BCUT2D eigenvalue weighted by Crippen LogP contribution is -2.01. The van der Waals surface area contributed by atoms with Gasteiger partial charge >= 0.3 is 0 Å². The summed E-state index contributed by atoms with van der Waals surface area (Å²) in [6.45, 7) is 12.5. The molecule has 0 spiro atoms. The summed E-state index contributed by atoms with van der Waals surface area (Å²) >= 11 is 0. The van der Waals surface area contributed by atoms with Crippen LogP contribution in [0.3, 0.4) is 0 Å². The highest BCUT2D eigenvalue weighted by Crippen LogP contribution is 2.54. The van der Waals surface area contributed by atoms with Gasteiger partial charge in [-0.05, 0) is 69.1 Å². The molecule has 0 aliphatic heterocycles. The Labute approximate surface area is 181 Å². The zero-order chi connectivity index (χ0) is 21.0. The monoisotopic (exact) mass is 394 g/mol. The van der Waals surface area contributed by atoms with Crippen LogP contribution >= 0.6 is 0 Å². The van der Waals surface area contributed by atoms with E-state index < -0.39 is 0 Å². The van der Waals surface area contributed by atoms with E-state index in [1.165, 1.54) is 83.5 Å². The molecule has 29 heavy (non-hydrogen) atoms. The highest BCUT2D eigenvalue weighted by Gasteiger charge is 2.45. The maximum atomic E-state index is 4.04. The molecular formula is C29H46. The van der Waals surface area contributed by atoms with E-state index in [1.54, 1.807) is 5.57 Å². The summed E-state index contributed by atoms with van der Waals surface area (Å²) in [4.78, 5) is 0. The molecule has 2 fully saturated rings. The zero-order valence-corrected chi connectivity index (χ0v) is 19.4. The Hall–Kier alpha value is -1.30. The molecule has 0 aromatic rings.